The number of pyridine rings is 1. The normalized spacial score (nSPS) is 10.5. The maximum Gasteiger partial charge on any atom is 0.308 e. The molecule has 2 rings (SSSR count). The van der Waals surface area contributed by atoms with Crippen LogP contribution in [0.3, 0.4) is 0 Å². The summed E-state index contributed by atoms with van der Waals surface area (Å²) in [5.41, 5.74) is -0.00690. The van der Waals surface area contributed by atoms with Crippen LogP contribution in [-0.2, 0) is 0 Å². The Morgan fingerprint density at radius 1 is 1.60 bits per heavy atom. The SMILES string of the molecule is O=Cc1[nH]c2nccc(Br)c2c1[N+](=O)[O-]. The van der Waals surface area contributed by atoms with Gasteiger partial charge in [-0.1, -0.05) is 0 Å². The van der Waals surface area contributed by atoms with E-state index in [1.54, 1.807) is 6.07 Å². The molecule has 0 atom stereocenters. The maximum absolute atomic E-state index is 10.8. The summed E-state index contributed by atoms with van der Waals surface area (Å²) in [6.07, 6.45) is 1.90. The fourth-order valence-corrected chi connectivity index (χ4v) is 1.85. The van der Waals surface area contributed by atoms with Crippen LogP contribution in [0.2, 0.25) is 0 Å². The average Bonchev–Trinajstić information content (AvgIpc) is 2.57. The van der Waals surface area contributed by atoms with Gasteiger partial charge in [-0.25, -0.2) is 4.98 Å². The van der Waals surface area contributed by atoms with Crippen LogP contribution in [0.25, 0.3) is 11.0 Å². The molecule has 0 bridgehead atoms. The van der Waals surface area contributed by atoms with E-state index in [0.29, 0.717) is 21.8 Å². The van der Waals surface area contributed by atoms with Gasteiger partial charge >= 0.3 is 5.69 Å². The number of fused-ring (bicyclic) bond motifs is 1. The standard InChI is InChI=1S/C8H4BrN3O3/c9-4-1-2-10-8-6(4)7(12(14)15)5(3-13)11-8/h1-3H,(H,10,11). The molecule has 2 aromatic heterocycles. The molecule has 0 radical (unpaired) electrons. The second kappa shape index (κ2) is 3.43. The minimum Gasteiger partial charge on any atom is -0.331 e. The van der Waals surface area contributed by atoms with E-state index < -0.39 is 4.92 Å². The number of aromatic amines is 1. The lowest BCUT2D eigenvalue weighted by Gasteiger charge is -1.92. The second-order valence-corrected chi connectivity index (χ2v) is 3.63. The molecule has 0 fully saturated rings. The van der Waals surface area contributed by atoms with Crippen molar-refractivity contribution in [3.63, 3.8) is 0 Å². The summed E-state index contributed by atoms with van der Waals surface area (Å²) < 4.78 is 0.531. The maximum atomic E-state index is 10.8. The highest BCUT2D eigenvalue weighted by atomic mass is 79.9. The number of aromatic nitrogens is 2. The van der Waals surface area contributed by atoms with Crippen LogP contribution in [0.5, 0.6) is 0 Å². The highest BCUT2D eigenvalue weighted by Gasteiger charge is 2.23. The predicted octanol–water partition coefficient (Wildman–Crippen LogP) is 2.05. The number of nitrogens with zero attached hydrogens (tertiary/aromatic N) is 2. The van der Waals surface area contributed by atoms with E-state index in [4.69, 9.17) is 0 Å². The van der Waals surface area contributed by atoms with Gasteiger partial charge in [0.25, 0.3) is 0 Å². The lowest BCUT2D eigenvalue weighted by atomic mass is 10.3. The molecule has 2 aromatic rings. The Kier molecular flexibility index (Phi) is 2.24. The van der Waals surface area contributed by atoms with Gasteiger partial charge in [-0.15, -0.1) is 0 Å². The fourth-order valence-electron chi connectivity index (χ4n) is 1.35. The van der Waals surface area contributed by atoms with E-state index in [0.717, 1.165) is 0 Å². The van der Waals surface area contributed by atoms with Gasteiger partial charge in [0.15, 0.2) is 12.0 Å². The molecule has 7 heteroatoms. The monoisotopic (exact) mass is 269 g/mol. The molecule has 0 aliphatic carbocycles. The molecule has 2 heterocycles. The second-order valence-electron chi connectivity index (χ2n) is 2.78. The fraction of sp³-hybridized carbons (Fsp3) is 0. The molecular weight excluding hydrogens is 266 g/mol. The van der Waals surface area contributed by atoms with Gasteiger partial charge in [-0.05, 0) is 22.0 Å². The van der Waals surface area contributed by atoms with Crippen molar-refractivity contribution in [1.29, 1.82) is 0 Å². The molecule has 15 heavy (non-hydrogen) atoms. The predicted molar refractivity (Wildman–Crippen MR) is 55.8 cm³/mol. The van der Waals surface area contributed by atoms with Crippen molar-refractivity contribution in [2.75, 3.05) is 0 Å². The van der Waals surface area contributed by atoms with E-state index >= 15 is 0 Å². The quantitative estimate of drug-likeness (QED) is 0.513. The number of hydrogen-bond donors (Lipinski definition) is 1. The van der Waals surface area contributed by atoms with Crippen LogP contribution in [0.4, 0.5) is 5.69 Å². The van der Waals surface area contributed by atoms with Crippen molar-refractivity contribution < 1.29 is 9.72 Å². The largest absolute Gasteiger partial charge is 0.331 e. The van der Waals surface area contributed by atoms with Gasteiger partial charge in [0.1, 0.15) is 11.0 Å². The summed E-state index contributed by atoms with van der Waals surface area (Å²) >= 11 is 3.18. The smallest absolute Gasteiger partial charge is 0.308 e. The lowest BCUT2D eigenvalue weighted by Crippen LogP contribution is -1.91. The highest BCUT2D eigenvalue weighted by molar-refractivity contribution is 9.10. The zero-order valence-corrected chi connectivity index (χ0v) is 8.82. The summed E-state index contributed by atoms with van der Waals surface area (Å²) in [7, 11) is 0. The van der Waals surface area contributed by atoms with E-state index in [-0.39, 0.29) is 11.4 Å². The Hall–Kier alpha value is -1.76. The summed E-state index contributed by atoms with van der Waals surface area (Å²) in [5.74, 6) is 0. The summed E-state index contributed by atoms with van der Waals surface area (Å²) in [5, 5.41) is 11.1. The third-order valence-electron chi connectivity index (χ3n) is 1.95. The number of rotatable bonds is 2. The Bertz CT molecular complexity index is 564. The molecule has 0 amide bonds. The topological polar surface area (TPSA) is 88.9 Å². The Morgan fingerprint density at radius 3 is 2.93 bits per heavy atom. The van der Waals surface area contributed by atoms with Crippen molar-refractivity contribution in [3.8, 4) is 0 Å². The molecule has 76 valence electrons. The third-order valence-corrected chi connectivity index (χ3v) is 2.61. The molecule has 1 N–H and O–H groups in total. The summed E-state index contributed by atoms with van der Waals surface area (Å²) in [6.45, 7) is 0. The van der Waals surface area contributed by atoms with E-state index in [9.17, 15) is 14.9 Å². The number of nitrogens with one attached hydrogen (secondary N) is 1. The number of H-pyrrole nitrogens is 1. The minimum absolute atomic E-state index is 0.0746. The molecule has 0 aromatic carbocycles. The zero-order chi connectivity index (χ0) is 11.0. The van der Waals surface area contributed by atoms with Crippen molar-refractivity contribution in [2.45, 2.75) is 0 Å². The molecule has 6 nitrogen and oxygen atoms in total. The van der Waals surface area contributed by atoms with Crippen LogP contribution in [0.15, 0.2) is 16.7 Å². The van der Waals surface area contributed by atoms with Crippen LogP contribution in [-0.4, -0.2) is 21.2 Å². The molecule has 0 saturated carbocycles. The molecule has 0 aliphatic rings. The third kappa shape index (κ3) is 1.40. The molecule has 0 unspecified atom stereocenters. The van der Waals surface area contributed by atoms with Gasteiger partial charge in [0, 0.05) is 10.7 Å². The molecule has 0 aliphatic heterocycles. The first kappa shape index (κ1) is 9.78. The number of carbonyl (C=O) groups is 1. The van der Waals surface area contributed by atoms with E-state index in [1.807, 2.05) is 0 Å². The average molecular weight is 270 g/mol. The first-order valence-corrected chi connectivity index (χ1v) is 4.70. The minimum atomic E-state index is -0.602. The summed E-state index contributed by atoms with van der Waals surface area (Å²) in [4.78, 5) is 27.3. The lowest BCUT2D eigenvalue weighted by molar-refractivity contribution is -0.383. The molecule has 0 spiro atoms. The summed E-state index contributed by atoms with van der Waals surface area (Å²) in [6, 6.07) is 1.58. The number of halogens is 1. The number of hydrogen-bond acceptors (Lipinski definition) is 4. The van der Waals surface area contributed by atoms with E-state index in [2.05, 4.69) is 25.9 Å². The van der Waals surface area contributed by atoms with Gasteiger partial charge < -0.3 is 4.98 Å². The Morgan fingerprint density at radius 2 is 2.33 bits per heavy atom. The van der Waals surface area contributed by atoms with E-state index in [1.165, 1.54) is 6.20 Å². The number of carbonyl (C=O) groups excluding carboxylic acids is 1. The highest BCUT2D eigenvalue weighted by Crippen LogP contribution is 2.33. The first-order valence-electron chi connectivity index (χ1n) is 3.91. The van der Waals surface area contributed by atoms with Crippen LogP contribution < -0.4 is 0 Å². The molecular formula is C8H4BrN3O3. The van der Waals surface area contributed by atoms with Crippen LogP contribution in [0.1, 0.15) is 10.5 Å². The van der Waals surface area contributed by atoms with Gasteiger partial charge in [-0.3, -0.25) is 14.9 Å². The van der Waals surface area contributed by atoms with Gasteiger partial charge in [0.2, 0.25) is 0 Å². The van der Waals surface area contributed by atoms with Gasteiger partial charge in [-0.2, -0.15) is 0 Å². The van der Waals surface area contributed by atoms with Crippen molar-refractivity contribution >= 4 is 38.9 Å². The van der Waals surface area contributed by atoms with Crippen molar-refractivity contribution in [3.05, 3.63) is 32.5 Å². The van der Waals surface area contributed by atoms with Crippen LogP contribution >= 0.6 is 15.9 Å². The van der Waals surface area contributed by atoms with Gasteiger partial charge in [0.05, 0.1) is 4.92 Å². The Labute approximate surface area is 91.6 Å². The van der Waals surface area contributed by atoms with Crippen molar-refractivity contribution in [2.24, 2.45) is 0 Å². The zero-order valence-electron chi connectivity index (χ0n) is 7.23. The van der Waals surface area contributed by atoms with Crippen molar-refractivity contribution in [1.82, 2.24) is 9.97 Å². The number of nitro groups is 1. The first-order chi connectivity index (χ1) is 7.15. The molecule has 0 saturated heterocycles. The Balaban J connectivity index is 2.94. The number of aldehydes is 1. The van der Waals surface area contributed by atoms with Crippen LogP contribution in [0, 0.1) is 10.1 Å².